The first-order chi connectivity index (χ1) is 13.6. The Morgan fingerprint density at radius 1 is 1.04 bits per heavy atom. The second-order valence-electron chi connectivity index (χ2n) is 9.26. The Bertz CT molecular complexity index is 822. The fourth-order valence-corrected chi connectivity index (χ4v) is 6.27. The van der Waals surface area contributed by atoms with Crippen LogP contribution in [0.4, 0.5) is 9.18 Å². The van der Waals surface area contributed by atoms with Crippen LogP contribution in [0.3, 0.4) is 0 Å². The molecular weight excluding hydrogens is 353 g/mol. The molecule has 4 aliphatic carbocycles. The molecule has 1 heterocycles. The smallest absolute Gasteiger partial charge is 0.315 e. The fourth-order valence-electron chi connectivity index (χ4n) is 6.27. The second-order valence-corrected chi connectivity index (χ2v) is 9.26. The quantitative estimate of drug-likeness (QED) is 0.790. The third-order valence-electron chi connectivity index (χ3n) is 7.04. The molecule has 2 amide bonds. The van der Waals surface area contributed by atoms with Gasteiger partial charge in [-0.2, -0.15) is 0 Å². The zero-order valence-corrected chi connectivity index (χ0v) is 16.2. The Morgan fingerprint density at radius 2 is 1.68 bits per heavy atom. The maximum atomic E-state index is 13.1. The number of hydrogen-bond donors (Lipinski definition) is 2. The molecule has 0 spiro atoms. The maximum Gasteiger partial charge on any atom is 0.315 e. The monoisotopic (exact) mass is 381 g/mol. The van der Waals surface area contributed by atoms with Crippen LogP contribution in [-0.4, -0.2) is 16.1 Å². The average molecular weight is 381 g/mol. The number of benzene rings is 1. The molecule has 6 rings (SSSR count). The molecule has 4 saturated carbocycles. The van der Waals surface area contributed by atoms with Crippen molar-refractivity contribution in [2.45, 2.75) is 57.2 Å². The van der Waals surface area contributed by atoms with Crippen molar-refractivity contribution in [1.29, 1.82) is 0 Å². The van der Waals surface area contributed by atoms with E-state index in [1.165, 1.54) is 31.4 Å². The highest BCUT2D eigenvalue weighted by atomic mass is 19.1. The van der Waals surface area contributed by atoms with Crippen LogP contribution in [0.25, 0.3) is 0 Å². The zero-order chi connectivity index (χ0) is 19.1. The number of rotatable bonds is 5. The molecule has 4 aliphatic rings. The number of halogens is 1. The van der Waals surface area contributed by atoms with Gasteiger partial charge in [0.2, 0.25) is 0 Å². The Morgan fingerprint density at radius 3 is 2.32 bits per heavy atom. The van der Waals surface area contributed by atoms with Gasteiger partial charge < -0.3 is 15.2 Å². The summed E-state index contributed by atoms with van der Waals surface area (Å²) in [6, 6.07) is 10.5. The van der Waals surface area contributed by atoms with Gasteiger partial charge in [0.1, 0.15) is 5.82 Å². The number of amides is 2. The molecule has 0 atom stereocenters. The van der Waals surface area contributed by atoms with Gasteiger partial charge in [0, 0.05) is 24.0 Å². The lowest BCUT2D eigenvalue weighted by Crippen LogP contribution is -2.61. The second kappa shape index (κ2) is 6.94. The molecule has 1 aromatic heterocycles. The summed E-state index contributed by atoms with van der Waals surface area (Å²) >= 11 is 0. The van der Waals surface area contributed by atoms with Crippen LogP contribution in [0, 0.1) is 23.6 Å². The number of nitrogens with one attached hydrogen (secondary N) is 2. The Hall–Kier alpha value is -2.30. The SMILES string of the molecule is O=C(NCc1cccn1Cc1ccc(F)cc1)NC12CC3CC(CC(C3)C1)C2. The summed E-state index contributed by atoms with van der Waals surface area (Å²) in [6.45, 7) is 1.16. The highest BCUT2D eigenvalue weighted by Gasteiger charge is 2.51. The molecule has 0 radical (unpaired) electrons. The van der Waals surface area contributed by atoms with Gasteiger partial charge in [-0.3, -0.25) is 0 Å². The molecule has 0 aliphatic heterocycles. The van der Waals surface area contributed by atoms with E-state index < -0.39 is 0 Å². The van der Waals surface area contributed by atoms with E-state index in [9.17, 15) is 9.18 Å². The van der Waals surface area contributed by atoms with Crippen molar-refractivity contribution >= 4 is 6.03 Å². The van der Waals surface area contributed by atoms with Crippen molar-refractivity contribution in [2.24, 2.45) is 17.8 Å². The zero-order valence-electron chi connectivity index (χ0n) is 16.2. The summed E-state index contributed by atoms with van der Waals surface area (Å²) in [4.78, 5) is 12.7. The summed E-state index contributed by atoms with van der Waals surface area (Å²) in [5, 5.41) is 6.43. The van der Waals surface area contributed by atoms with Crippen LogP contribution < -0.4 is 10.6 Å². The van der Waals surface area contributed by atoms with Gasteiger partial charge >= 0.3 is 6.03 Å². The lowest BCUT2D eigenvalue weighted by molar-refractivity contribution is -0.0135. The first-order valence-corrected chi connectivity index (χ1v) is 10.5. The average Bonchev–Trinajstić information content (AvgIpc) is 3.07. The van der Waals surface area contributed by atoms with Gasteiger partial charge in [0.25, 0.3) is 0 Å². The molecule has 4 nitrogen and oxygen atoms in total. The lowest BCUT2D eigenvalue weighted by atomic mass is 9.53. The topological polar surface area (TPSA) is 46.1 Å². The fraction of sp³-hybridized carbons (Fsp3) is 0.522. The summed E-state index contributed by atoms with van der Waals surface area (Å²) < 4.78 is 15.2. The molecule has 28 heavy (non-hydrogen) atoms. The molecule has 2 aromatic rings. The molecule has 1 aromatic carbocycles. The molecule has 0 saturated heterocycles. The van der Waals surface area contributed by atoms with Gasteiger partial charge in [-0.15, -0.1) is 0 Å². The molecule has 5 heteroatoms. The number of aromatic nitrogens is 1. The first-order valence-electron chi connectivity index (χ1n) is 10.5. The predicted molar refractivity (Wildman–Crippen MR) is 106 cm³/mol. The molecule has 2 N–H and O–H groups in total. The van der Waals surface area contributed by atoms with Gasteiger partial charge in [-0.1, -0.05) is 12.1 Å². The van der Waals surface area contributed by atoms with Crippen molar-refractivity contribution in [1.82, 2.24) is 15.2 Å². The number of nitrogens with zero attached hydrogens (tertiary/aromatic N) is 1. The first kappa shape index (κ1) is 17.8. The Balaban J connectivity index is 1.19. The summed E-state index contributed by atoms with van der Waals surface area (Å²) in [7, 11) is 0. The van der Waals surface area contributed by atoms with Crippen LogP contribution in [-0.2, 0) is 13.1 Å². The molecule has 148 valence electrons. The van der Waals surface area contributed by atoms with E-state index >= 15 is 0 Å². The minimum atomic E-state index is -0.223. The minimum absolute atomic E-state index is 0.0366. The standard InChI is InChI=1S/C23H28FN3O/c24-20-5-3-16(4-6-20)15-27-7-1-2-21(27)14-25-22(28)26-23-11-17-8-18(12-23)10-19(9-17)13-23/h1-7,17-19H,8-15H2,(H2,25,26,28). The van der Waals surface area contributed by atoms with E-state index in [1.54, 1.807) is 12.1 Å². The van der Waals surface area contributed by atoms with Crippen molar-refractivity contribution in [3.8, 4) is 0 Å². The van der Waals surface area contributed by atoms with Crippen molar-refractivity contribution in [3.05, 3.63) is 59.7 Å². The van der Waals surface area contributed by atoms with Crippen LogP contribution in [0.5, 0.6) is 0 Å². The molecular formula is C23H28FN3O. The van der Waals surface area contributed by atoms with Crippen LogP contribution in [0.15, 0.2) is 42.6 Å². The van der Waals surface area contributed by atoms with Crippen molar-refractivity contribution in [2.75, 3.05) is 0 Å². The van der Waals surface area contributed by atoms with Crippen molar-refractivity contribution < 1.29 is 9.18 Å². The molecule has 4 fully saturated rings. The van der Waals surface area contributed by atoms with E-state index in [0.717, 1.165) is 48.3 Å². The number of carbonyl (C=O) groups excluding carboxylic acids is 1. The number of hydrogen-bond acceptors (Lipinski definition) is 1. The number of carbonyl (C=O) groups is 1. The van der Waals surface area contributed by atoms with E-state index in [1.807, 2.05) is 18.3 Å². The highest BCUT2D eigenvalue weighted by Crippen LogP contribution is 2.55. The third-order valence-corrected chi connectivity index (χ3v) is 7.04. The van der Waals surface area contributed by atoms with E-state index in [0.29, 0.717) is 13.1 Å². The third kappa shape index (κ3) is 3.54. The lowest BCUT2D eigenvalue weighted by Gasteiger charge is -2.56. The van der Waals surface area contributed by atoms with E-state index in [4.69, 9.17) is 0 Å². The van der Waals surface area contributed by atoms with Gasteiger partial charge in [0.05, 0.1) is 6.54 Å². The predicted octanol–water partition coefficient (Wildman–Crippen LogP) is 4.44. The van der Waals surface area contributed by atoms with Crippen molar-refractivity contribution in [3.63, 3.8) is 0 Å². The summed E-state index contributed by atoms with van der Waals surface area (Å²) in [6.07, 6.45) is 9.60. The van der Waals surface area contributed by atoms with Gasteiger partial charge in [0.15, 0.2) is 0 Å². The molecule has 0 unspecified atom stereocenters. The Labute approximate surface area is 165 Å². The van der Waals surface area contributed by atoms with Crippen LogP contribution >= 0.6 is 0 Å². The summed E-state index contributed by atoms with van der Waals surface area (Å²) in [5.41, 5.74) is 2.12. The van der Waals surface area contributed by atoms with Crippen LogP contribution in [0.2, 0.25) is 0 Å². The Kier molecular flexibility index (Phi) is 4.41. The van der Waals surface area contributed by atoms with Crippen LogP contribution in [0.1, 0.15) is 49.8 Å². The largest absolute Gasteiger partial charge is 0.345 e. The van der Waals surface area contributed by atoms with E-state index in [-0.39, 0.29) is 17.4 Å². The minimum Gasteiger partial charge on any atom is -0.345 e. The number of urea groups is 1. The highest BCUT2D eigenvalue weighted by molar-refractivity contribution is 5.74. The van der Waals surface area contributed by atoms with Gasteiger partial charge in [-0.05, 0) is 86.1 Å². The maximum absolute atomic E-state index is 13.1. The van der Waals surface area contributed by atoms with E-state index in [2.05, 4.69) is 15.2 Å². The normalized spacial score (nSPS) is 30.4. The summed E-state index contributed by atoms with van der Waals surface area (Å²) in [5.74, 6) is 2.23. The molecule has 4 bridgehead atoms. The van der Waals surface area contributed by atoms with Gasteiger partial charge in [-0.25, -0.2) is 9.18 Å².